The maximum absolute atomic E-state index is 12.6. The minimum atomic E-state index is -1.01. The highest BCUT2D eigenvalue weighted by molar-refractivity contribution is 5.84. The first-order valence-corrected chi connectivity index (χ1v) is 20.1. The molecule has 1 amide bonds. The summed E-state index contributed by atoms with van der Waals surface area (Å²) in [5.41, 5.74) is 13.1. The first-order chi connectivity index (χ1) is 22.4. The van der Waals surface area contributed by atoms with Gasteiger partial charge >= 0.3 is 5.97 Å². The Morgan fingerprint density at radius 3 is 1.28 bits per heavy atom. The lowest BCUT2D eigenvalue weighted by molar-refractivity contribution is -0.141. The Balaban J connectivity index is 4.19. The van der Waals surface area contributed by atoms with E-state index in [0.29, 0.717) is 25.9 Å². The maximum atomic E-state index is 12.6. The van der Waals surface area contributed by atoms with Crippen LogP contribution in [0.2, 0.25) is 0 Å². The Morgan fingerprint density at radius 2 is 0.915 bits per heavy atom. The van der Waals surface area contributed by atoms with Crippen molar-refractivity contribution in [3.05, 3.63) is 0 Å². The van der Waals surface area contributed by atoms with E-state index in [1.54, 1.807) is 0 Å². The van der Waals surface area contributed by atoms with Gasteiger partial charge in [0.1, 0.15) is 6.04 Å². The van der Waals surface area contributed by atoms with Gasteiger partial charge in [-0.2, -0.15) is 0 Å². The van der Waals surface area contributed by atoms with Crippen LogP contribution in [0.3, 0.4) is 0 Å². The predicted octanol–water partition coefficient (Wildman–Crippen LogP) is 9.64. The summed E-state index contributed by atoms with van der Waals surface area (Å²) in [6, 6.07) is -0.962. The summed E-state index contributed by atoms with van der Waals surface area (Å²) >= 11 is 0. The van der Waals surface area contributed by atoms with Crippen molar-refractivity contribution in [3.8, 4) is 0 Å². The van der Waals surface area contributed by atoms with E-state index in [9.17, 15) is 14.7 Å². The van der Waals surface area contributed by atoms with Crippen molar-refractivity contribution in [2.45, 2.75) is 220 Å². The van der Waals surface area contributed by atoms with Crippen molar-refractivity contribution in [2.75, 3.05) is 13.1 Å². The number of rotatable bonds is 34. The van der Waals surface area contributed by atoms with Crippen LogP contribution in [0.1, 0.15) is 202 Å². The molecule has 0 rings (SSSR count). The summed E-state index contributed by atoms with van der Waals surface area (Å²) in [6.45, 7) is 14.3. The molecule has 0 saturated heterocycles. The van der Waals surface area contributed by atoms with Gasteiger partial charge in [-0.05, 0) is 43.1 Å². The van der Waals surface area contributed by atoms with E-state index < -0.39 is 12.0 Å². The van der Waals surface area contributed by atoms with Crippen LogP contribution in [0.5, 0.6) is 0 Å². The molecule has 0 aliphatic heterocycles. The second kappa shape index (κ2) is 28.6. The van der Waals surface area contributed by atoms with Crippen LogP contribution < -0.4 is 22.1 Å². The van der Waals surface area contributed by atoms with Gasteiger partial charge in [-0.3, -0.25) is 9.59 Å². The third-order valence-electron chi connectivity index (χ3n) is 10.7. The van der Waals surface area contributed by atoms with Crippen LogP contribution >= 0.6 is 0 Å². The molecule has 7 heteroatoms. The predicted molar refractivity (Wildman–Crippen MR) is 203 cm³/mol. The van der Waals surface area contributed by atoms with Gasteiger partial charge in [0, 0.05) is 18.6 Å². The molecule has 0 aromatic rings. The Hall–Kier alpha value is -1.18. The fraction of sp³-hybridized carbons (Fsp3) is 0.950. The molecule has 0 fully saturated rings. The summed E-state index contributed by atoms with van der Waals surface area (Å²) in [5, 5.41) is 15.7. The number of nitrogens with two attached hydrogens (primary N) is 2. The third kappa shape index (κ3) is 25.5. The highest BCUT2D eigenvalue weighted by atomic mass is 16.4. The van der Waals surface area contributed by atoms with Gasteiger partial charge in [-0.1, -0.05) is 170 Å². The van der Waals surface area contributed by atoms with Crippen LogP contribution in [-0.2, 0) is 9.59 Å². The van der Waals surface area contributed by atoms with Gasteiger partial charge in [0.2, 0.25) is 5.91 Å². The van der Waals surface area contributed by atoms with Crippen molar-refractivity contribution in [1.29, 1.82) is 0 Å². The quantitative estimate of drug-likeness (QED) is 0.0435. The summed E-state index contributed by atoms with van der Waals surface area (Å²) in [6.07, 6.45) is 29.9. The number of carbonyl (C=O) groups is 2. The van der Waals surface area contributed by atoms with Crippen molar-refractivity contribution < 1.29 is 14.7 Å². The zero-order chi connectivity index (χ0) is 35.4. The first-order valence-electron chi connectivity index (χ1n) is 20.1. The molecule has 7 nitrogen and oxygen atoms in total. The average molecular weight is 667 g/mol. The van der Waals surface area contributed by atoms with E-state index in [-0.39, 0.29) is 35.2 Å². The standard InChI is InChI=1S/C40H82N4O3/c1-7-9-11-13-15-17-19-21-23-25-29-39(3,4)35(41)27-31-43-34(38(46)47)33-37(45)44-32-28-36(42)40(5,6)30-26-24-22-20-18-16-14-12-10-8-2/h34-36,43H,7-33,41-42H2,1-6H3,(H,44,45)(H,46,47)/t34-,35?,36?/m0/s1. The van der Waals surface area contributed by atoms with Crippen LogP contribution in [0.15, 0.2) is 0 Å². The third-order valence-corrected chi connectivity index (χ3v) is 10.7. The number of carboxylic acids is 1. The van der Waals surface area contributed by atoms with Crippen LogP contribution in [0.4, 0.5) is 0 Å². The van der Waals surface area contributed by atoms with Crippen molar-refractivity contribution in [1.82, 2.24) is 10.6 Å². The number of carboxylic acid groups (broad SMARTS) is 1. The van der Waals surface area contributed by atoms with Crippen molar-refractivity contribution >= 4 is 11.9 Å². The second-order valence-electron chi connectivity index (χ2n) is 16.0. The van der Waals surface area contributed by atoms with E-state index in [1.807, 2.05) is 0 Å². The molecule has 0 aliphatic carbocycles. The maximum Gasteiger partial charge on any atom is 0.321 e. The van der Waals surface area contributed by atoms with E-state index in [4.69, 9.17) is 11.5 Å². The minimum absolute atomic E-state index is 0.00196. The fourth-order valence-electron chi connectivity index (χ4n) is 6.57. The first kappa shape index (κ1) is 45.8. The minimum Gasteiger partial charge on any atom is -0.480 e. The molecule has 0 saturated carbocycles. The van der Waals surface area contributed by atoms with Gasteiger partial charge < -0.3 is 27.2 Å². The highest BCUT2D eigenvalue weighted by Crippen LogP contribution is 2.30. The zero-order valence-corrected chi connectivity index (χ0v) is 32.2. The zero-order valence-electron chi connectivity index (χ0n) is 32.2. The molecule has 0 aromatic carbocycles. The highest BCUT2D eigenvalue weighted by Gasteiger charge is 2.28. The van der Waals surface area contributed by atoms with Crippen LogP contribution in [0.25, 0.3) is 0 Å². The van der Waals surface area contributed by atoms with E-state index in [2.05, 4.69) is 52.2 Å². The number of nitrogens with one attached hydrogen (secondary N) is 2. The Morgan fingerprint density at radius 1 is 0.574 bits per heavy atom. The van der Waals surface area contributed by atoms with Gasteiger partial charge in [0.15, 0.2) is 0 Å². The monoisotopic (exact) mass is 667 g/mol. The normalized spacial score (nSPS) is 14.2. The Kier molecular flexibility index (Phi) is 27.9. The number of hydrogen-bond donors (Lipinski definition) is 5. The second-order valence-corrected chi connectivity index (χ2v) is 16.0. The number of unbranched alkanes of at least 4 members (excludes halogenated alkanes) is 18. The molecule has 47 heavy (non-hydrogen) atoms. The summed E-state index contributed by atoms with van der Waals surface area (Å²) in [4.78, 5) is 24.5. The van der Waals surface area contributed by atoms with Gasteiger partial charge in [-0.15, -0.1) is 0 Å². The molecular formula is C40H82N4O3. The number of hydrogen-bond acceptors (Lipinski definition) is 5. The molecule has 0 bridgehead atoms. The summed E-state index contributed by atoms with van der Waals surface area (Å²) in [5.74, 6) is -1.26. The summed E-state index contributed by atoms with van der Waals surface area (Å²) < 4.78 is 0. The molecule has 0 spiro atoms. The van der Waals surface area contributed by atoms with E-state index in [1.165, 1.54) is 128 Å². The van der Waals surface area contributed by atoms with Gasteiger partial charge in [-0.25, -0.2) is 0 Å². The lowest BCUT2D eigenvalue weighted by Crippen LogP contribution is -2.45. The SMILES string of the molecule is CCCCCCCCCCCCC(C)(C)C(N)CCNC(=O)C[C@H](NCCC(N)C(C)(C)CCCCCCCCCCCC)C(=O)O. The molecule has 0 aromatic heterocycles. The van der Waals surface area contributed by atoms with Gasteiger partial charge in [0.25, 0.3) is 0 Å². The fourth-order valence-corrected chi connectivity index (χ4v) is 6.57. The lowest BCUT2D eigenvalue weighted by Gasteiger charge is -2.32. The number of amides is 1. The van der Waals surface area contributed by atoms with E-state index >= 15 is 0 Å². The topological polar surface area (TPSA) is 130 Å². The number of aliphatic carboxylic acids is 1. The van der Waals surface area contributed by atoms with Crippen molar-refractivity contribution in [3.63, 3.8) is 0 Å². The average Bonchev–Trinajstić information content (AvgIpc) is 3.02. The number of carbonyl (C=O) groups excluding carboxylic acids is 1. The molecule has 280 valence electrons. The van der Waals surface area contributed by atoms with Crippen LogP contribution in [0, 0.1) is 10.8 Å². The van der Waals surface area contributed by atoms with Crippen molar-refractivity contribution in [2.24, 2.45) is 22.3 Å². The largest absolute Gasteiger partial charge is 0.480 e. The molecular weight excluding hydrogens is 584 g/mol. The summed E-state index contributed by atoms with van der Waals surface area (Å²) in [7, 11) is 0. The molecule has 0 heterocycles. The lowest BCUT2D eigenvalue weighted by atomic mass is 9.78. The van der Waals surface area contributed by atoms with Gasteiger partial charge in [0.05, 0.1) is 6.42 Å². The molecule has 0 radical (unpaired) electrons. The van der Waals surface area contributed by atoms with E-state index in [0.717, 1.165) is 12.8 Å². The Bertz CT molecular complexity index is 758. The molecule has 2 unspecified atom stereocenters. The smallest absolute Gasteiger partial charge is 0.321 e. The molecule has 7 N–H and O–H groups in total. The Labute approximate surface area is 292 Å². The molecule has 3 atom stereocenters. The molecule has 0 aliphatic rings. The van der Waals surface area contributed by atoms with Crippen LogP contribution in [-0.4, -0.2) is 48.2 Å².